The Kier molecular flexibility index (Phi) is 12.3. The predicted octanol–water partition coefficient (Wildman–Crippen LogP) is 7.15. The van der Waals surface area contributed by atoms with Crippen LogP contribution < -0.4 is 5.32 Å². The average molecular weight is 529 g/mol. The zero-order valence-electron chi connectivity index (χ0n) is 21.2. The Morgan fingerprint density at radius 1 is 1.12 bits per heavy atom. The van der Waals surface area contributed by atoms with E-state index in [1.807, 2.05) is 74.6 Å². The summed E-state index contributed by atoms with van der Waals surface area (Å²) in [6.45, 7) is 20.8. The van der Waals surface area contributed by atoms with Crippen molar-refractivity contribution in [1.29, 1.82) is 0 Å². The molecule has 0 radical (unpaired) electrons. The standard InChI is InChI=1S/C21H24BrN5O.C2H6.2C2H4/c1-13-12-27-20(24-14(13)2)11-18(25-27)19-6-4-5-9-26(19)21(28)16-10-15(22)7-8-17(16)23-3;3*1-2/h7-8,10-12,19,23H,4-6,9H2,1-3H3;1-2H3;2*1-2H2/t19-;;;/m0.../s1. The van der Waals surface area contributed by atoms with E-state index in [-0.39, 0.29) is 11.9 Å². The van der Waals surface area contributed by atoms with E-state index in [9.17, 15) is 4.79 Å². The van der Waals surface area contributed by atoms with Crippen molar-refractivity contribution in [2.24, 2.45) is 0 Å². The van der Waals surface area contributed by atoms with Gasteiger partial charge in [0.2, 0.25) is 0 Å². The van der Waals surface area contributed by atoms with Gasteiger partial charge in [-0.05, 0) is 56.9 Å². The SMILES string of the molecule is C=C.C=C.CC.CNc1ccc(Br)cc1C(=O)N1CCCC[C@H]1c1cc2nc(C)c(C)cn2n1. The molecule has 1 N–H and O–H groups in total. The maximum atomic E-state index is 13.5. The fourth-order valence-corrected chi connectivity index (χ4v) is 4.19. The van der Waals surface area contributed by atoms with Crippen LogP contribution in [0.15, 0.2) is 61.3 Å². The second kappa shape index (κ2) is 14.4. The molecule has 0 aliphatic carbocycles. The Hall–Kier alpha value is -2.93. The van der Waals surface area contributed by atoms with Crippen LogP contribution in [-0.2, 0) is 0 Å². The third kappa shape index (κ3) is 6.56. The number of anilines is 1. The lowest BCUT2D eigenvalue weighted by Gasteiger charge is -2.35. The molecule has 2 aromatic heterocycles. The number of halogens is 1. The van der Waals surface area contributed by atoms with Gasteiger partial charge in [0.15, 0.2) is 5.65 Å². The number of carbonyl (C=O) groups excluding carboxylic acids is 1. The van der Waals surface area contributed by atoms with E-state index in [1.54, 1.807) is 0 Å². The molecule has 1 aliphatic heterocycles. The lowest BCUT2D eigenvalue weighted by molar-refractivity contribution is 0.0606. The molecule has 6 nitrogen and oxygen atoms in total. The molecule has 184 valence electrons. The van der Waals surface area contributed by atoms with Crippen molar-refractivity contribution in [1.82, 2.24) is 19.5 Å². The number of benzene rings is 1. The highest BCUT2D eigenvalue weighted by atomic mass is 79.9. The van der Waals surface area contributed by atoms with Gasteiger partial charge < -0.3 is 10.2 Å². The molecular formula is C27H38BrN5O. The lowest BCUT2D eigenvalue weighted by atomic mass is 9.98. The van der Waals surface area contributed by atoms with Gasteiger partial charge in [-0.1, -0.05) is 29.8 Å². The number of likely N-dealkylation sites (tertiary alicyclic amines) is 1. The van der Waals surface area contributed by atoms with Crippen LogP contribution in [0, 0.1) is 13.8 Å². The largest absolute Gasteiger partial charge is 0.387 e. The fourth-order valence-electron chi connectivity index (χ4n) is 3.83. The first-order valence-electron chi connectivity index (χ1n) is 11.6. The molecule has 0 bridgehead atoms. The first-order valence-corrected chi connectivity index (χ1v) is 12.4. The van der Waals surface area contributed by atoms with Crippen molar-refractivity contribution in [2.75, 3.05) is 18.9 Å². The topological polar surface area (TPSA) is 62.5 Å². The molecule has 3 aromatic rings. The van der Waals surface area contributed by atoms with Crippen molar-refractivity contribution in [3.63, 3.8) is 0 Å². The van der Waals surface area contributed by atoms with Crippen LogP contribution in [0.5, 0.6) is 0 Å². The molecule has 1 fully saturated rings. The van der Waals surface area contributed by atoms with Gasteiger partial charge in [0.1, 0.15) is 0 Å². The fraction of sp³-hybridized carbons (Fsp3) is 0.370. The van der Waals surface area contributed by atoms with Crippen molar-refractivity contribution >= 4 is 33.2 Å². The van der Waals surface area contributed by atoms with Crippen molar-refractivity contribution in [3.8, 4) is 0 Å². The van der Waals surface area contributed by atoms with Crippen molar-refractivity contribution < 1.29 is 4.79 Å². The molecule has 0 unspecified atom stereocenters. The van der Waals surface area contributed by atoms with E-state index in [2.05, 4.69) is 52.5 Å². The molecule has 1 aliphatic rings. The Labute approximate surface area is 212 Å². The number of carbonyl (C=O) groups is 1. The highest BCUT2D eigenvalue weighted by Crippen LogP contribution is 2.33. The minimum Gasteiger partial charge on any atom is -0.387 e. The second-order valence-corrected chi connectivity index (χ2v) is 8.25. The van der Waals surface area contributed by atoms with Gasteiger partial charge in [-0.3, -0.25) is 4.79 Å². The van der Waals surface area contributed by atoms with Crippen LogP contribution in [0.1, 0.15) is 66.5 Å². The number of nitrogens with one attached hydrogen (secondary N) is 1. The number of nitrogens with zero attached hydrogens (tertiary/aromatic N) is 4. The summed E-state index contributed by atoms with van der Waals surface area (Å²) in [7, 11) is 1.84. The molecule has 0 spiro atoms. The normalized spacial score (nSPS) is 14.5. The van der Waals surface area contributed by atoms with Crippen LogP contribution in [0.2, 0.25) is 0 Å². The Morgan fingerprint density at radius 3 is 2.44 bits per heavy atom. The monoisotopic (exact) mass is 527 g/mol. The second-order valence-electron chi connectivity index (χ2n) is 7.33. The molecule has 7 heteroatoms. The maximum absolute atomic E-state index is 13.5. The Morgan fingerprint density at radius 2 is 1.79 bits per heavy atom. The number of hydrogen-bond acceptors (Lipinski definition) is 4. The van der Waals surface area contributed by atoms with Gasteiger partial charge in [0.05, 0.1) is 17.3 Å². The third-order valence-electron chi connectivity index (χ3n) is 5.49. The molecule has 1 saturated heterocycles. The molecule has 0 saturated carbocycles. The third-order valence-corrected chi connectivity index (χ3v) is 5.98. The minimum atomic E-state index is -0.0350. The summed E-state index contributed by atoms with van der Waals surface area (Å²) < 4.78 is 2.72. The molecule has 4 rings (SSSR count). The summed E-state index contributed by atoms with van der Waals surface area (Å²) in [5.41, 5.74) is 5.36. The zero-order chi connectivity index (χ0) is 25.8. The number of aryl methyl sites for hydroxylation is 2. The quantitative estimate of drug-likeness (QED) is 0.367. The van der Waals surface area contributed by atoms with Crippen LogP contribution in [0.25, 0.3) is 5.65 Å². The van der Waals surface area contributed by atoms with Crippen molar-refractivity contribution in [2.45, 2.75) is 53.0 Å². The van der Waals surface area contributed by atoms with E-state index >= 15 is 0 Å². The molecule has 1 atom stereocenters. The van der Waals surface area contributed by atoms with E-state index < -0.39 is 0 Å². The van der Waals surface area contributed by atoms with Gasteiger partial charge in [-0.25, -0.2) is 9.50 Å². The number of rotatable bonds is 3. The van der Waals surface area contributed by atoms with E-state index in [0.29, 0.717) is 5.56 Å². The minimum absolute atomic E-state index is 0.0349. The van der Waals surface area contributed by atoms with E-state index in [0.717, 1.165) is 58.6 Å². The highest BCUT2D eigenvalue weighted by Gasteiger charge is 2.31. The Bertz CT molecular complexity index is 1040. The van der Waals surface area contributed by atoms with E-state index in [4.69, 9.17) is 5.10 Å². The van der Waals surface area contributed by atoms with Gasteiger partial charge >= 0.3 is 0 Å². The van der Waals surface area contributed by atoms with Gasteiger partial charge in [-0.2, -0.15) is 5.10 Å². The van der Waals surface area contributed by atoms with Crippen LogP contribution in [-0.4, -0.2) is 39.0 Å². The lowest BCUT2D eigenvalue weighted by Crippen LogP contribution is -2.39. The summed E-state index contributed by atoms with van der Waals surface area (Å²) in [5.74, 6) is 0.0349. The molecule has 34 heavy (non-hydrogen) atoms. The number of hydrogen-bond donors (Lipinski definition) is 1. The average Bonchev–Trinajstić information content (AvgIpc) is 3.30. The van der Waals surface area contributed by atoms with Gasteiger partial charge in [0, 0.05) is 41.7 Å². The van der Waals surface area contributed by atoms with Gasteiger partial charge in [-0.15, -0.1) is 26.3 Å². The first-order chi connectivity index (χ1) is 16.5. The van der Waals surface area contributed by atoms with E-state index in [1.165, 1.54) is 0 Å². The summed E-state index contributed by atoms with van der Waals surface area (Å²) in [6.07, 6.45) is 5.01. The predicted molar refractivity (Wildman–Crippen MR) is 148 cm³/mol. The number of piperidine rings is 1. The highest BCUT2D eigenvalue weighted by molar-refractivity contribution is 9.10. The first kappa shape index (κ1) is 29.1. The number of fused-ring (bicyclic) bond motifs is 1. The van der Waals surface area contributed by atoms with Crippen molar-refractivity contribution in [3.05, 3.63) is 83.8 Å². The summed E-state index contributed by atoms with van der Waals surface area (Å²) in [4.78, 5) is 20.1. The summed E-state index contributed by atoms with van der Waals surface area (Å²) >= 11 is 3.49. The molecule has 1 amide bonds. The maximum Gasteiger partial charge on any atom is 0.256 e. The van der Waals surface area contributed by atoms with Crippen LogP contribution >= 0.6 is 15.9 Å². The number of amides is 1. The molecule has 3 heterocycles. The smallest absolute Gasteiger partial charge is 0.256 e. The van der Waals surface area contributed by atoms with Gasteiger partial charge in [0.25, 0.3) is 5.91 Å². The summed E-state index contributed by atoms with van der Waals surface area (Å²) in [5, 5.41) is 7.89. The van der Waals surface area contributed by atoms with Crippen LogP contribution in [0.4, 0.5) is 5.69 Å². The molecular weight excluding hydrogens is 490 g/mol. The summed E-state index contributed by atoms with van der Waals surface area (Å²) in [6, 6.07) is 7.73. The number of aromatic nitrogens is 3. The zero-order valence-corrected chi connectivity index (χ0v) is 22.8. The Balaban J connectivity index is 0.000000894. The molecule has 1 aromatic carbocycles. The van der Waals surface area contributed by atoms with Crippen LogP contribution in [0.3, 0.4) is 0 Å².